The molecule has 6 nitrogen and oxygen atoms in total. The van der Waals surface area contributed by atoms with Crippen molar-refractivity contribution in [1.29, 1.82) is 0 Å². The first-order valence-corrected chi connectivity index (χ1v) is 20.1. The molecule has 0 saturated carbocycles. The van der Waals surface area contributed by atoms with Gasteiger partial charge in [0.2, 0.25) is 0 Å². The molecule has 2 aliphatic rings. The van der Waals surface area contributed by atoms with Crippen LogP contribution >= 0.6 is 0 Å². The predicted octanol–water partition coefficient (Wildman–Crippen LogP) is 7.56. The van der Waals surface area contributed by atoms with Crippen LogP contribution in [0.2, 0.25) is 0 Å². The van der Waals surface area contributed by atoms with Crippen LogP contribution in [0.5, 0.6) is 0 Å². The first kappa shape index (κ1) is 37.0. The fraction of sp³-hybridized carbons (Fsp3) is 0.300. The number of ether oxygens (including phenoxy) is 4. The maximum atomic E-state index is 17.7. The molecule has 2 heterocycles. The third kappa shape index (κ3) is 6.93. The van der Waals surface area contributed by atoms with E-state index in [2.05, 4.69) is 0 Å². The summed E-state index contributed by atoms with van der Waals surface area (Å²) < 4.78 is 94.9. The quantitative estimate of drug-likeness (QED) is 0.0677. The van der Waals surface area contributed by atoms with Crippen molar-refractivity contribution >= 4 is 7.74 Å². The molecule has 11 heteroatoms. The summed E-state index contributed by atoms with van der Waals surface area (Å²) in [5, 5.41) is 0. The summed E-state index contributed by atoms with van der Waals surface area (Å²) in [6, 6.07) is 12.5. The Morgan fingerprint density at radius 3 is 1.39 bits per heavy atom. The standard InChI is InChI=1S/2C15H16F2NO2.2C5H5.Ti/c2*1-11-3-5-13(10-20-8-7-19-2)18(11)15-6-4-12(16)9-14(15)17;2*1-2-4-5-3-1;/h2*3-6H,7-8,10H2,1-2H3;2*1-3H,4H2;. The Morgan fingerprint density at radius 2 is 1.02 bits per heavy atom. The summed E-state index contributed by atoms with van der Waals surface area (Å²) in [5.41, 5.74) is 2.85. The number of hydrogen-bond donors (Lipinski definition) is 0. The van der Waals surface area contributed by atoms with E-state index in [4.69, 9.17) is 18.9 Å². The van der Waals surface area contributed by atoms with Crippen molar-refractivity contribution in [1.82, 2.24) is 9.13 Å². The second kappa shape index (κ2) is 16.3. The van der Waals surface area contributed by atoms with Crippen LogP contribution in [-0.4, -0.2) is 49.8 Å². The maximum absolute atomic E-state index is 17.7. The van der Waals surface area contributed by atoms with E-state index in [0.717, 1.165) is 0 Å². The molecule has 0 saturated heterocycles. The second-order valence-electron chi connectivity index (χ2n) is 12.6. The number of aromatic nitrogens is 2. The molecule has 0 bridgehead atoms. The molecule has 0 radical (unpaired) electrons. The number of rotatable bonds is 16. The molecule has 51 heavy (non-hydrogen) atoms. The minimum atomic E-state index is -5.13. The first-order chi connectivity index (χ1) is 24.7. The summed E-state index contributed by atoms with van der Waals surface area (Å²) in [5.74, 6) is -3.37. The molecule has 2 aromatic carbocycles. The van der Waals surface area contributed by atoms with Crippen LogP contribution in [0.25, 0.3) is 11.4 Å². The molecule has 0 amide bonds. The molecule has 4 aromatic rings. The molecule has 0 fully saturated rings. The van der Waals surface area contributed by atoms with Crippen molar-refractivity contribution in [3.63, 3.8) is 0 Å². The van der Waals surface area contributed by atoms with Crippen LogP contribution in [-0.2, 0) is 48.7 Å². The van der Waals surface area contributed by atoms with Gasteiger partial charge in [0.25, 0.3) is 0 Å². The fourth-order valence-electron chi connectivity index (χ4n) is 7.28. The molecular formula is C40H42F4N2O4Ti. The van der Waals surface area contributed by atoms with Gasteiger partial charge in [-0.3, -0.25) is 0 Å². The molecule has 2 aliphatic carbocycles. The number of benzene rings is 2. The van der Waals surface area contributed by atoms with Crippen molar-refractivity contribution in [2.45, 2.75) is 39.9 Å². The van der Waals surface area contributed by atoms with Gasteiger partial charge in [-0.25, -0.2) is 0 Å². The van der Waals surface area contributed by atoms with E-state index in [0.29, 0.717) is 69.8 Å². The average molecular weight is 739 g/mol. The summed E-state index contributed by atoms with van der Waals surface area (Å²) in [6.45, 7) is 5.38. The van der Waals surface area contributed by atoms with E-state index in [1.807, 2.05) is 50.3 Å². The van der Waals surface area contributed by atoms with E-state index in [9.17, 15) is 0 Å². The Morgan fingerprint density at radius 1 is 0.588 bits per heavy atom. The van der Waals surface area contributed by atoms with E-state index < -0.39 is 39.9 Å². The zero-order chi connectivity index (χ0) is 36.1. The van der Waals surface area contributed by atoms with Crippen LogP contribution in [0.4, 0.5) is 17.6 Å². The molecule has 0 N–H and O–H groups in total. The van der Waals surface area contributed by atoms with Crippen LogP contribution in [0.15, 0.2) is 92.7 Å². The van der Waals surface area contributed by atoms with Crippen molar-refractivity contribution in [3.8, 4) is 11.4 Å². The van der Waals surface area contributed by atoms with Crippen LogP contribution < -0.4 is 7.74 Å². The molecule has 0 unspecified atom stereocenters. The summed E-state index contributed by atoms with van der Waals surface area (Å²) in [7, 11) is 3.15. The third-order valence-electron chi connectivity index (χ3n) is 9.56. The van der Waals surface area contributed by atoms with Gasteiger partial charge in [0.15, 0.2) is 0 Å². The van der Waals surface area contributed by atoms with Crippen molar-refractivity contribution in [2.24, 2.45) is 0 Å². The normalized spacial score (nSPS) is 14.2. The van der Waals surface area contributed by atoms with Gasteiger partial charge >= 0.3 is 301 Å². The van der Waals surface area contributed by atoms with Gasteiger partial charge in [0.05, 0.1) is 0 Å². The van der Waals surface area contributed by atoms with Crippen molar-refractivity contribution < 1.29 is 53.1 Å². The van der Waals surface area contributed by atoms with E-state index in [1.165, 1.54) is 24.3 Å². The molecule has 6 rings (SSSR count). The van der Waals surface area contributed by atoms with Crippen LogP contribution in [0.1, 0.15) is 35.6 Å². The Labute approximate surface area is 299 Å². The summed E-state index contributed by atoms with van der Waals surface area (Å²) in [6.07, 6.45) is 11.6. The average Bonchev–Trinajstić information content (AvgIpc) is 3.95. The van der Waals surface area contributed by atoms with Gasteiger partial charge in [0, 0.05) is 0 Å². The number of hydrogen-bond acceptors (Lipinski definition) is 4. The number of methoxy groups -OCH3 is 2. The SMILES string of the molecule is COCCOCc1ccc(C)n1-c1ccc(F)[c]([Ti]([C]2=CC=CC2)([C]2=CC=CC2)[c]2c(F)ccc(-n3c(C)ccc3COCCOC)c2F)c1F. The number of halogens is 4. The Kier molecular flexibility index (Phi) is 11.8. The van der Waals surface area contributed by atoms with Crippen molar-refractivity contribution in [3.05, 3.63) is 139 Å². The first-order valence-electron chi connectivity index (χ1n) is 16.9. The van der Waals surface area contributed by atoms with Gasteiger partial charge < -0.3 is 0 Å². The molecule has 2 aromatic heterocycles. The second-order valence-corrected chi connectivity index (χ2v) is 18.5. The third-order valence-corrected chi connectivity index (χ3v) is 17.5. The van der Waals surface area contributed by atoms with Gasteiger partial charge in [-0.15, -0.1) is 0 Å². The van der Waals surface area contributed by atoms with Crippen molar-refractivity contribution in [2.75, 3.05) is 40.6 Å². The van der Waals surface area contributed by atoms with E-state index >= 15 is 17.6 Å². The Balaban J connectivity index is 1.61. The van der Waals surface area contributed by atoms with Gasteiger partial charge in [-0.05, 0) is 0 Å². The Bertz CT molecular complexity index is 1880. The number of allylic oxidation sites excluding steroid dienone is 8. The zero-order valence-corrected chi connectivity index (χ0v) is 30.8. The minimum absolute atomic E-state index is 0.0843. The molecule has 268 valence electrons. The van der Waals surface area contributed by atoms with Crippen LogP contribution in [0, 0.1) is 37.1 Å². The van der Waals surface area contributed by atoms with E-state index in [1.54, 1.807) is 47.7 Å². The number of aryl methyl sites for hydroxylation is 2. The fourth-order valence-corrected chi connectivity index (χ4v) is 15.5. The summed E-state index contributed by atoms with van der Waals surface area (Å²) in [4.78, 5) is 0. The van der Waals surface area contributed by atoms with Gasteiger partial charge in [-0.1, -0.05) is 0 Å². The topological polar surface area (TPSA) is 46.8 Å². The monoisotopic (exact) mass is 738 g/mol. The van der Waals surface area contributed by atoms with Crippen LogP contribution in [0.3, 0.4) is 0 Å². The molecular weight excluding hydrogens is 696 g/mol. The predicted molar refractivity (Wildman–Crippen MR) is 187 cm³/mol. The van der Waals surface area contributed by atoms with Gasteiger partial charge in [-0.2, -0.15) is 0 Å². The summed E-state index contributed by atoms with van der Waals surface area (Å²) >= 11 is -5.13. The number of nitrogens with zero attached hydrogens (tertiary/aromatic N) is 2. The van der Waals surface area contributed by atoms with Gasteiger partial charge in [0.1, 0.15) is 0 Å². The molecule has 0 spiro atoms. The van der Waals surface area contributed by atoms with E-state index in [-0.39, 0.29) is 32.3 Å². The molecule has 0 aliphatic heterocycles. The zero-order valence-electron chi connectivity index (χ0n) is 29.3. The Hall–Kier alpha value is -3.77. The molecule has 0 atom stereocenters.